The highest BCUT2D eigenvalue weighted by atomic mass is 16.6. The first-order chi connectivity index (χ1) is 29.5. The topological polar surface area (TPSA) is 78.9 Å². The molecule has 0 aliphatic rings. The van der Waals surface area contributed by atoms with Crippen molar-refractivity contribution in [2.75, 3.05) is 13.2 Å². The van der Waals surface area contributed by atoms with Crippen molar-refractivity contribution in [2.45, 2.75) is 277 Å². The van der Waals surface area contributed by atoms with E-state index >= 15 is 0 Å². The smallest absolute Gasteiger partial charge is 0.306 e. The Labute approximate surface area is 372 Å². The predicted molar refractivity (Wildman–Crippen MR) is 256 cm³/mol. The fourth-order valence-electron chi connectivity index (χ4n) is 7.45. The number of carbonyl (C=O) groups is 3. The molecule has 0 radical (unpaired) electrons. The van der Waals surface area contributed by atoms with Crippen LogP contribution in [0.25, 0.3) is 0 Å². The number of ether oxygens (including phenoxy) is 3. The van der Waals surface area contributed by atoms with Crippen LogP contribution < -0.4 is 0 Å². The normalized spacial score (nSPS) is 12.2. The summed E-state index contributed by atoms with van der Waals surface area (Å²) in [6, 6.07) is 0. The minimum atomic E-state index is -0.765. The first-order valence-corrected chi connectivity index (χ1v) is 26.0. The quantitative estimate of drug-likeness (QED) is 0.0263. The molecular formula is C54H98O6. The Balaban J connectivity index is 4.06. The van der Waals surface area contributed by atoms with E-state index in [0.29, 0.717) is 19.3 Å². The Morgan fingerprint density at radius 3 is 0.933 bits per heavy atom. The average molecular weight is 843 g/mol. The maximum atomic E-state index is 12.7. The van der Waals surface area contributed by atoms with E-state index in [1.165, 1.54) is 154 Å². The van der Waals surface area contributed by atoms with Crippen molar-refractivity contribution in [2.24, 2.45) is 0 Å². The molecule has 0 aliphatic carbocycles. The standard InChI is InChI=1S/C54H98O6/c1-4-7-10-13-15-17-19-21-22-23-24-25-26-27-28-29-30-31-32-33-35-36-38-41-44-47-53(56)59-50-51(49-58-52(55)46-43-40-12-9-6-3)60-54(57)48-45-42-39-37-34-20-18-16-14-11-8-5-2/h19,21,23-24,26-27,51H,4-18,20,22,25,28-50H2,1-3H3/b21-19-,24-23-,27-26-. The summed E-state index contributed by atoms with van der Waals surface area (Å²) in [4.78, 5) is 37.6. The van der Waals surface area contributed by atoms with Gasteiger partial charge < -0.3 is 14.2 Å². The van der Waals surface area contributed by atoms with Crippen molar-refractivity contribution in [3.63, 3.8) is 0 Å². The minimum absolute atomic E-state index is 0.0715. The highest BCUT2D eigenvalue weighted by molar-refractivity contribution is 5.71. The molecule has 0 aromatic rings. The van der Waals surface area contributed by atoms with Gasteiger partial charge in [0.1, 0.15) is 13.2 Å². The second-order valence-electron chi connectivity index (χ2n) is 17.4. The summed E-state index contributed by atoms with van der Waals surface area (Å²) in [7, 11) is 0. The van der Waals surface area contributed by atoms with Gasteiger partial charge in [-0.25, -0.2) is 0 Å². The third-order valence-corrected chi connectivity index (χ3v) is 11.4. The maximum Gasteiger partial charge on any atom is 0.306 e. The second kappa shape index (κ2) is 49.3. The largest absolute Gasteiger partial charge is 0.462 e. The molecule has 0 N–H and O–H groups in total. The van der Waals surface area contributed by atoms with Gasteiger partial charge in [0.25, 0.3) is 0 Å². The van der Waals surface area contributed by atoms with Crippen molar-refractivity contribution >= 4 is 17.9 Å². The van der Waals surface area contributed by atoms with Gasteiger partial charge in [-0.05, 0) is 57.8 Å². The van der Waals surface area contributed by atoms with E-state index in [9.17, 15) is 14.4 Å². The lowest BCUT2D eigenvalue weighted by atomic mass is 10.0. The molecule has 60 heavy (non-hydrogen) atoms. The van der Waals surface area contributed by atoms with Gasteiger partial charge in [0.05, 0.1) is 0 Å². The van der Waals surface area contributed by atoms with Crippen LogP contribution in [0, 0.1) is 0 Å². The van der Waals surface area contributed by atoms with E-state index < -0.39 is 6.10 Å². The first-order valence-electron chi connectivity index (χ1n) is 26.0. The molecule has 0 spiro atoms. The average Bonchev–Trinajstić information content (AvgIpc) is 3.24. The van der Waals surface area contributed by atoms with Crippen LogP contribution in [0.15, 0.2) is 36.5 Å². The van der Waals surface area contributed by atoms with Gasteiger partial charge in [-0.2, -0.15) is 0 Å². The third-order valence-electron chi connectivity index (χ3n) is 11.4. The molecule has 0 saturated carbocycles. The van der Waals surface area contributed by atoms with Gasteiger partial charge in [-0.15, -0.1) is 0 Å². The van der Waals surface area contributed by atoms with Crippen LogP contribution in [-0.2, 0) is 28.6 Å². The van der Waals surface area contributed by atoms with Crippen LogP contribution >= 0.6 is 0 Å². The SMILES string of the molecule is CCCCCCC/C=C\C/C=C\C/C=C\CCCCCCCCCCCCC(=O)OCC(COC(=O)CCCCCCC)OC(=O)CCCCCCCCCCCCCC. The second-order valence-corrected chi connectivity index (χ2v) is 17.4. The van der Waals surface area contributed by atoms with E-state index in [1.54, 1.807) is 0 Å². The molecule has 6 heteroatoms. The molecule has 0 heterocycles. The Morgan fingerprint density at radius 1 is 0.333 bits per heavy atom. The highest BCUT2D eigenvalue weighted by Crippen LogP contribution is 2.15. The molecular weight excluding hydrogens is 745 g/mol. The molecule has 0 saturated heterocycles. The van der Waals surface area contributed by atoms with E-state index in [1.807, 2.05) is 0 Å². The molecule has 0 aromatic carbocycles. The van der Waals surface area contributed by atoms with E-state index in [4.69, 9.17) is 14.2 Å². The molecule has 0 bridgehead atoms. The van der Waals surface area contributed by atoms with Crippen LogP contribution in [0.1, 0.15) is 271 Å². The number of hydrogen-bond acceptors (Lipinski definition) is 6. The first kappa shape index (κ1) is 57.6. The zero-order valence-electron chi connectivity index (χ0n) is 40.0. The monoisotopic (exact) mass is 843 g/mol. The zero-order valence-corrected chi connectivity index (χ0v) is 40.0. The summed E-state index contributed by atoms with van der Waals surface area (Å²) >= 11 is 0. The molecule has 0 aromatic heterocycles. The Hall–Kier alpha value is -2.37. The molecule has 350 valence electrons. The number of allylic oxidation sites excluding steroid dienone is 6. The molecule has 0 amide bonds. The molecule has 1 atom stereocenters. The lowest BCUT2D eigenvalue weighted by molar-refractivity contribution is -0.167. The Morgan fingerprint density at radius 2 is 0.600 bits per heavy atom. The van der Waals surface area contributed by atoms with Crippen molar-refractivity contribution in [3.05, 3.63) is 36.5 Å². The number of hydrogen-bond donors (Lipinski definition) is 0. The summed E-state index contributed by atoms with van der Waals surface area (Å²) in [5.74, 6) is -0.881. The van der Waals surface area contributed by atoms with Gasteiger partial charge >= 0.3 is 17.9 Å². The number of carbonyl (C=O) groups excluding carboxylic acids is 3. The number of esters is 3. The zero-order chi connectivity index (χ0) is 43.7. The molecule has 6 nitrogen and oxygen atoms in total. The van der Waals surface area contributed by atoms with Gasteiger partial charge in [0.2, 0.25) is 0 Å². The summed E-state index contributed by atoms with van der Waals surface area (Å²) in [5, 5.41) is 0. The lowest BCUT2D eigenvalue weighted by Gasteiger charge is -2.18. The van der Waals surface area contributed by atoms with Crippen LogP contribution in [0.2, 0.25) is 0 Å². The van der Waals surface area contributed by atoms with Crippen LogP contribution in [0.4, 0.5) is 0 Å². The minimum Gasteiger partial charge on any atom is -0.462 e. The molecule has 0 aliphatic heterocycles. The van der Waals surface area contributed by atoms with Gasteiger partial charge in [0, 0.05) is 19.3 Å². The summed E-state index contributed by atoms with van der Waals surface area (Å²) in [6.07, 6.45) is 57.4. The molecule has 1 unspecified atom stereocenters. The van der Waals surface area contributed by atoms with Crippen molar-refractivity contribution < 1.29 is 28.6 Å². The third kappa shape index (κ3) is 46.7. The Bertz CT molecular complexity index is 1020. The van der Waals surface area contributed by atoms with E-state index in [-0.39, 0.29) is 31.1 Å². The highest BCUT2D eigenvalue weighted by Gasteiger charge is 2.19. The number of rotatable bonds is 47. The van der Waals surface area contributed by atoms with Gasteiger partial charge in [0.15, 0.2) is 6.10 Å². The predicted octanol–water partition coefficient (Wildman–Crippen LogP) is 16.9. The summed E-state index contributed by atoms with van der Waals surface area (Å²) in [6.45, 7) is 6.55. The summed E-state index contributed by atoms with van der Waals surface area (Å²) < 4.78 is 16.6. The molecule has 0 rings (SSSR count). The van der Waals surface area contributed by atoms with E-state index in [2.05, 4.69) is 57.2 Å². The van der Waals surface area contributed by atoms with Gasteiger partial charge in [-0.1, -0.05) is 231 Å². The Kier molecular flexibility index (Phi) is 47.3. The van der Waals surface area contributed by atoms with Gasteiger partial charge in [-0.3, -0.25) is 14.4 Å². The summed E-state index contributed by atoms with van der Waals surface area (Å²) in [5.41, 5.74) is 0. The fraction of sp³-hybridized carbons (Fsp3) is 0.833. The van der Waals surface area contributed by atoms with Crippen LogP contribution in [0.5, 0.6) is 0 Å². The number of unbranched alkanes of at least 4 members (excludes halogenated alkanes) is 30. The van der Waals surface area contributed by atoms with Crippen molar-refractivity contribution in [1.82, 2.24) is 0 Å². The van der Waals surface area contributed by atoms with Crippen molar-refractivity contribution in [1.29, 1.82) is 0 Å². The lowest BCUT2D eigenvalue weighted by Crippen LogP contribution is -2.30. The van der Waals surface area contributed by atoms with Crippen LogP contribution in [-0.4, -0.2) is 37.2 Å². The maximum absolute atomic E-state index is 12.7. The fourth-order valence-corrected chi connectivity index (χ4v) is 7.45. The molecule has 0 fully saturated rings. The van der Waals surface area contributed by atoms with Crippen LogP contribution in [0.3, 0.4) is 0 Å². The van der Waals surface area contributed by atoms with Crippen molar-refractivity contribution in [3.8, 4) is 0 Å². The van der Waals surface area contributed by atoms with E-state index in [0.717, 1.165) is 77.0 Å².